The van der Waals surface area contributed by atoms with Crippen LogP contribution in [0.25, 0.3) is 0 Å². The fourth-order valence-electron chi connectivity index (χ4n) is 4.80. The molecule has 3 unspecified atom stereocenters. The van der Waals surface area contributed by atoms with Crippen molar-refractivity contribution in [2.45, 2.75) is 38.0 Å². The molecule has 0 aliphatic heterocycles. The molecule has 0 saturated carbocycles. The maximum absolute atomic E-state index is 13.4. The lowest BCUT2D eigenvalue weighted by Gasteiger charge is -2.40. The van der Waals surface area contributed by atoms with Crippen molar-refractivity contribution in [3.05, 3.63) is 94.8 Å². The molecule has 0 spiro atoms. The van der Waals surface area contributed by atoms with Gasteiger partial charge in [0.05, 0.1) is 0 Å². The average Bonchev–Trinajstić information content (AvgIpc) is 2.70. The summed E-state index contributed by atoms with van der Waals surface area (Å²) in [6, 6.07) is 20.0. The second kappa shape index (κ2) is 7.67. The Bertz CT molecular complexity index is 947. The molecular formula is C25H25FO2. The van der Waals surface area contributed by atoms with Crippen LogP contribution >= 0.6 is 0 Å². The van der Waals surface area contributed by atoms with Crippen molar-refractivity contribution in [2.24, 2.45) is 5.92 Å². The van der Waals surface area contributed by atoms with Gasteiger partial charge in [-0.15, -0.1) is 0 Å². The molecular weight excluding hydrogens is 351 g/mol. The van der Waals surface area contributed by atoms with E-state index >= 15 is 0 Å². The van der Waals surface area contributed by atoms with Crippen LogP contribution in [0.5, 0.6) is 11.5 Å². The van der Waals surface area contributed by atoms with Crippen molar-refractivity contribution >= 4 is 0 Å². The molecule has 0 saturated heterocycles. The van der Waals surface area contributed by atoms with Gasteiger partial charge < -0.3 is 10.2 Å². The van der Waals surface area contributed by atoms with Crippen molar-refractivity contribution in [3.63, 3.8) is 0 Å². The number of aromatic hydroxyl groups is 2. The van der Waals surface area contributed by atoms with E-state index in [1.54, 1.807) is 18.2 Å². The summed E-state index contributed by atoms with van der Waals surface area (Å²) in [5.41, 5.74) is 4.79. The van der Waals surface area contributed by atoms with E-state index in [0.29, 0.717) is 17.6 Å². The SMILES string of the molecule is CCC1C(c2ccc(O)cc2)Cc2ccc(O)cc2C1Cc1ccc(F)cc1. The Morgan fingerprint density at radius 3 is 2.25 bits per heavy atom. The van der Waals surface area contributed by atoms with Crippen molar-refractivity contribution < 1.29 is 14.6 Å². The second-order valence-electron chi connectivity index (χ2n) is 7.79. The molecule has 0 radical (unpaired) electrons. The summed E-state index contributed by atoms with van der Waals surface area (Å²) in [5.74, 6) is 1.32. The smallest absolute Gasteiger partial charge is 0.123 e. The van der Waals surface area contributed by atoms with E-state index in [2.05, 4.69) is 6.92 Å². The molecule has 0 heterocycles. The first-order valence-corrected chi connectivity index (χ1v) is 9.90. The summed E-state index contributed by atoms with van der Waals surface area (Å²) in [4.78, 5) is 0. The standard InChI is InChI=1S/C25H25FO2/c1-2-22-23(17-5-10-20(27)11-6-17)14-18-7-12-21(28)15-24(18)25(22)13-16-3-8-19(26)9-4-16/h3-12,15,22-23,25,27-28H,2,13-14H2,1H3. The fourth-order valence-corrected chi connectivity index (χ4v) is 4.80. The first-order valence-electron chi connectivity index (χ1n) is 9.90. The number of fused-ring (bicyclic) bond motifs is 1. The van der Waals surface area contributed by atoms with Gasteiger partial charge in [-0.05, 0) is 89.2 Å². The van der Waals surface area contributed by atoms with Gasteiger partial charge in [0, 0.05) is 0 Å². The lowest BCUT2D eigenvalue weighted by atomic mass is 9.64. The molecule has 0 fully saturated rings. The highest BCUT2D eigenvalue weighted by Crippen LogP contribution is 2.48. The Labute approximate surface area is 165 Å². The highest BCUT2D eigenvalue weighted by molar-refractivity contribution is 5.44. The molecule has 4 rings (SSSR count). The van der Waals surface area contributed by atoms with E-state index in [0.717, 1.165) is 24.8 Å². The van der Waals surface area contributed by atoms with E-state index in [9.17, 15) is 14.6 Å². The zero-order chi connectivity index (χ0) is 19.7. The summed E-state index contributed by atoms with van der Waals surface area (Å²) >= 11 is 0. The van der Waals surface area contributed by atoms with Gasteiger partial charge in [0.2, 0.25) is 0 Å². The van der Waals surface area contributed by atoms with Crippen LogP contribution in [0.1, 0.15) is 47.4 Å². The summed E-state index contributed by atoms with van der Waals surface area (Å²) in [7, 11) is 0. The van der Waals surface area contributed by atoms with Gasteiger partial charge in [0.1, 0.15) is 17.3 Å². The Morgan fingerprint density at radius 2 is 1.57 bits per heavy atom. The van der Waals surface area contributed by atoms with E-state index in [1.807, 2.05) is 36.4 Å². The molecule has 144 valence electrons. The van der Waals surface area contributed by atoms with Crippen molar-refractivity contribution in [1.29, 1.82) is 0 Å². The lowest BCUT2D eigenvalue weighted by molar-refractivity contribution is 0.310. The van der Waals surface area contributed by atoms with Crippen LogP contribution in [-0.4, -0.2) is 10.2 Å². The zero-order valence-corrected chi connectivity index (χ0v) is 16.0. The molecule has 3 aromatic rings. The monoisotopic (exact) mass is 376 g/mol. The van der Waals surface area contributed by atoms with Crippen LogP contribution in [0.2, 0.25) is 0 Å². The highest BCUT2D eigenvalue weighted by atomic mass is 19.1. The zero-order valence-electron chi connectivity index (χ0n) is 16.0. The third-order valence-electron chi connectivity index (χ3n) is 6.16. The largest absolute Gasteiger partial charge is 0.508 e. The van der Waals surface area contributed by atoms with Crippen molar-refractivity contribution in [1.82, 2.24) is 0 Å². The molecule has 1 aliphatic rings. The molecule has 0 amide bonds. The molecule has 3 atom stereocenters. The van der Waals surface area contributed by atoms with E-state index in [-0.39, 0.29) is 17.5 Å². The lowest BCUT2D eigenvalue weighted by Crippen LogP contribution is -2.29. The minimum absolute atomic E-state index is 0.223. The van der Waals surface area contributed by atoms with Gasteiger partial charge in [0.25, 0.3) is 0 Å². The summed E-state index contributed by atoms with van der Waals surface area (Å²) in [5, 5.41) is 19.8. The Hall–Kier alpha value is -2.81. The average molecular weight is 376 g/mol. The number of hydrogen-bond donors (Lipinski definition) is 2. The van der Waals surface area contributed by atoms with Crippen LogP contribution in [0.15, 0.2) is 66.7 Å². The van der Waals surface area contributed by atoms with Crippen LogP contribution in [-0.2, 0) is 12.8 Å². The molecule has 0 bridgehead atoms. The van der Waals surface area contributed by atoms with Crippen molar-refractivity contribution in [2.75, 3.05) is 0 Å². The van der Waals surface area contributed by atoms with Gasteiger partial charge in [-0.3, -0.25) is 0 Å². The number of phenolic OH excluding ortho intramolecular Hbond substituents is 2. The molecule has 3 aromatic carbocycles. The maximum Gasteiger partial charge on any atom is 0.123 e. The number of phenols is 2. The predicted octanol–water partition coefficient (Wildman–Crippen LogP) is 5.93. The number of hydrogen-bond acceptors (Lipinski definition) is 2. The fraction of sp³-hybridized carbons (Fsp3) is 0.280. The molecule has 1 aliphatic carbocycles. The van der Waals surface area contributed by atoms with Gasteiger partial charge >= 0.3 is 0 Å². The summed E-state index contributed by atoms with van der Waals surface area (Å²) in [6.45, 7) is 2.21. The minimum Gasteiger partial charge on any atom is -0.508 e. The van der Waals surface area contributed by atoms with E-state index in [1.165, 1.54) is 28.8 Å². The number of halogens is 1. The first kappa shape index (κ1) is 18.5. The molecule has 2 nitrogen and oxygen atoms in total. The molecule has 0 aromatic heterocycles. The van der Waals surface area contributed by atoms with E-state index < -0.39 is 0 Å². The topological polar surface area (TPSA) is 40.5 Å². The van der Waals surface area contributed by atoms with Gasteiger partial charge in [-0.1, -0.05) is 43.7 Å². The Kier molecular flexibility index (Phi) is 5.08. The van der Waals surface area contributed by atoms with Gasteiger partial charge in [0.15, 0.2) is 0 Å². The van der Waals surface area contributed by atoms with Gasteiger partial charge in [-0.2, -0.15) is 0 Å². The normalized spacial score (nSPS) is 21.3. The first-order chi connectivity index (χ1) is 13.5. The second-order valence-corrected chi connectivity index (χ2v) is 7.79. The molecule has 28 heavy (non-hydrogen) atoms. The molecule has 3 heteroatoms. The summed E-state index contributed by atoms with van der Waals surface area (Å²) < 4.78 is 13.4. The van der Waals surface area contributed by atoms with E-state index in [4.69, 9.17) is 0 Å². The maximum atomic E-state index is 13.4. The predicted molar refractivity (Wildman–Crippen MR) is 109 cm³/mol. The third-order valence-corrected chi connectivity index (χ3v) is 6.16. The van der Waals surface area contributed by atoms with Crippen LogP contribution in [0.3, 0.4) is 0 Å². The minimum atomic E-state index is -0.223. The number of benzene rings is 3. The Balaban J connectivity index is 1.76. The summed E-state index contributed by atoms with van der Waals surface area (Å²) in [6.07, 6.45) is 2.73. The van der Waals surface area contributed by atoms with Crippen molar-refractivity contribution in [3.8, 4) is 11.5 Å². The van der Waals surface area contributed by atoms with Crippen LogP contribution < -0.4 is 0 Å². The Morgan fingerprint density at radius 1 is 0.893 bits per heavy atom. The molecule has 2 N–H and O–H groups in total. The third kappa shape index (κ3) is 3.62. The number of rotatable bonds is 4. The quantitative estimate of drug-likeness (QED) is 0.592. The van der Waals surface area contributed by atoms with Crippen LogP contribution in [0, 0.1) is 11.7 Å². The van der Waals surface area contributed by atoms with Crippen LogP contribution in [0.4, 0.5) is 4.39 Å². The van der Waals surface area contributed by atoms with Gasteiger partial charge in [-0.25, -0.2) is 4.39 Å². The highest BCUT2D eigenvalue weighted by Gasteiger charge is 2.36.